The van der Waals surface area contributed by atoms with Crippen molar-refractivity contribution in [2.24, 2.45) is 0 Å². The third-order valence-electron chi connectivity index (χ3n) is 5.46. The molecule has 2 unspecified atom stereocenters. The molecule has 182 valence electrons. The summed E-state index contributed by atoms with van der Waals surface area (Å²) in [6.45, 7) is 2.72. The number of hydrogen-bond acceptors (Lipinski definition) is 7. The summed E-state index contributed by atoms with van der Waals surface area (Å²) in [7, 11) is 0. The number of fused-ring (bicyclic) bond motifs is 1. The maximum absolute atomic E-state index is 13.4. The molecule has 1 saturated heterocycles. The van der Waals surface area contributed by atoms with Gasteiger partial charge in [-0.2, -0.15) is 13.8 Å². The topological polar surface area (TPSA) is 99.9 Å². The zero-order chi connectivity index (χ0) is 24.9. The fraction of sp³-hybridized carbons (Fsp3) is 0.292. The van der Waals surface area contributed by atoms with Gasteiger partial charge in [0, 0.05) is 35.4 Å². The van der Waals surface area contributed by atoms with Gasteiger partial charge in [0.2, 0.25) is 5.91 Å². The van der Waals surface area contributed by atoms with Crippen molar-refractivity contribution in [3.8, 4) is 11.1 Å². The summed E-state index contributed by atoms with van der Waals surface area (Å²) in [4.78, 5) is 27.2. The highest BCUT2D eigenvalue weighted by Crippen LogP contribution is 2.34. The first-order valence-electron chi connectivity index (χ1n) is 10.9. The lowest BCUT2D eigenvalue weighted by atomic mass is 10.1. The number of carbonyl (C=O) groups is 2. The molecule has 2 heterocycles. The molecule has 2 atom stereocenters. The summed E-state index contributed by atoms with van der Waals surface area (Å²) in [6, 6.07) is 15.2. The van der Waals surface area contributed by atoms with Crippen molar-refractivity contribution in [3.63, 3.8) is 0 Å². The lowest BCUT2D eigenvalue weighted by Gasteiger charge is -2.38. The molecule has 0 saturated carbocycles. The smallest absolute Gasteiger partial charge is 0.307 e. The second-order valence-electron chi connectivity index (χ2n) is 7.78. The molecule has 0 spiro atoms. The molecule has 11 heteroatoms. The Morgan fingerprint density at radius 2 is 2.00 bits per heavy atom. The predicted molar refractivity (Wildman–Crippen MR) is 134 cm³/mol. The van der Waals surface area contributed by atoms with Gasteiger partial charge in [0.1, 0.15) is 6.04 Å². The molecule has 8 nitrogen and oxygen atoms in total. The van der Waals surface area contributed by atoms with E-state index in [-0.39, 0.29) is 25.5 Å². The van der Waals surface area contributed by atoms with Crippen LogP contribution in [0.3, 0.4) is 0 Å². The van der Waals surface area contributed by atoms with Crippen LogP contribution in [0.2, 0.25) is 5.02 Å². The number of rotatable bonds is 8. The summed E-state index contributed by atoms with van der Waals surface area (Å²) < 4.78 is 26.2. The Labute approximate surface area is 214 Å². The van der Waals surface area contributed by atoms with Gasteiger partial charge in [-0.25, -0.2) is 0 Å². The maximum atomic E-state index is 13.4. The molecule has 1 aliphatic heterocycles. The molecule has 1 fully saturated rings. The monoisotopic (exact) mass is 531 g/mol. The Bertz CT molecular complexity index is 1300. The van der Waals surface area contributed by atoms with Crippen LogP contribution in [0.5, 0.6) is 5.06 Å². The van der Waals surface area contributed by atoms with Crippen LogP contribution in [0.15, 0.2) is 48.5 Å². The average Bonchev–Trinajstić information content (AvgIpc) is 3.23. The molecule has 2 aromatic carbocycles. The second-order valence-corrected chi connectivity index (χ2v) is 10.3. The molecule has 0 N–H and O–H groups in total. The van der Waals surface area contributed by atoms with Gasteiger partial charge in [-0.05, 0) is 42.1 Å². The number of halogens is 1. The van der Waals surface area contributed by atoms with E-state index in [1.54, 1.807) is 54.3 Å². The van der Waals surface area contributed by atoms with Gasteiger partial charge in [0.05, 0.1) is 24.7 Å². The number of nitriles is 1. The van der Waals surface area contributed by atoms with Crippen molar-refractivity contribution in [1.29, 1.82) is 5.26 Å². The van der Waals surface area contributed by atoms with Crippen LogP contribution < -0.4 is 4.18 Å². The van der Waals surface area contributed by atoms with E-state index in [2.05, 4.69) is 6.07 Å². The minimum absolute atomic E-state index is 0.179. The van der Waals surface area contributed by atoms with E-state index in [9.17, 15) is 13.8 Å². The first kappa shape index (κ1) is 25.1. The van der Waals surface area contributed by atoms with Gasteiger partial charge in [-0.3, -0.25) is 9.59 Å². The minimum atomic E-state index is -2.01. The predicted octanol–water partition coefficient (Wildman–Crippen LogP) is 4.05. The van der Waals surface area contributed by atoms with Crippen molar-refractivity contribution < 1.29 is 22.7 Å². The summed E-state index contributed by atoms with van der Waals surface area (Å²) in [6.07, 6.45) is -0.242. The standard InChI is InChI=1S/C24H22ClN3O5S2/c1-2-32-22(29)13-20-24(30)27(15-17-5-3-16(14-26)4-6-17)9-10-28(20)35(31)33-23-11-18-7-8-19(25)12-21(18)34-23/h3-8,11-12,20H,2,9-10,13,15H2,1H3. The number of carbonyl (C=O) groups excluding carboxylic acids is 2. The van der Waals surface area contributed by atoms with Gasteiger partial charge in [0.15, 0.2) is 5.06 Å². The molecule has 0 radical (unpaired) electrons. The van der Waals surface area contributed by atoms with Crippen LogP contribution >= 0.6 is 22.9 Å². The number of piperazine rings is 1. The normalized spacial score (nSPS) is 17.2. The SMILES string of the molecule is CCOC(=O)CC1C(=O)N(Cc2ccc(C#N)cc2)CCN1S(=O)Oc1cc2ccc(Cl)cc2s1. The van der Waals surface area contributed by atoms with E-state index < -0.39 is 23.3 Å². The Morgan fingerprint density at radius 1 is 1.23 bits per heavy atom. The van der Waals surface area contributed by atoms with E-state index in [1.807, 2.05) is 6.07 Å². The number of ether oxygens (including phenoxy) is 1. The molecule has 3 aromatic rings. The number of amides is 1. The molecule has 0 bridgehead atoms. The fourth-order valence-electron chi connectivity index (χ4n) is 3.77. The molecular weight excluding hydrogens is 510 g/mol. The van der Waals surface area contributed by atoms with Gasteiger partial charge in [0.25, 0.3) is 11.3 Å². The molecule has 1 aliphatic rings. The van der Waals surface area contributed by atoms with Gasteiger partial charge in [-0.1, -0.05) is 41.1 Å². The highest BCUT2D eigenvalue weighted by Gasteiger charge is 2.40. The fourth-order valence-corrected chi connectivity index (χ4v) is 6.03. The molecule has 35 heavy (non-hydrogen) atoms. The van der Waals surface area contributed by atoms with E-state index in [0.717, 1.165) is 15.6 Å². The lowest BCUT2D eigenvalue weighted by Crippen LogP contribution is -2.58. The van der Waals surface area contributed by atoms with E-state index >= 15 is 0 Å². The summed E-state index contributed by atoms with van der Waals surface area (Å²) in [5, 5.41) is 10.9. The third-order valence-corrected chi connectivity index (χ3v) is 7.92. The van der Waals surface area contributed by atoms with Crippen LogP contribution in [0, 0.1) is 11.3 Å². The number of esters is 1. The molecule has 1 amide bonds. The lowest BCUT2D eigenvalue weighted by molar-refractivity contribution is -0.150. The number of thiophene rings is 1. The van der Waals surface area contributed by atoms with E-state index in [4.69, 9.17) is 25.8 Å². The van der Waals surface area contributed by atoms with Crippen LogP contribution in [0.4, 0.5) is 0 Å². The first-order chi connectivity index (χ1) is 16.9. The van der Waals surface area contributed by atoms with E-state index in [1.165, 1.54) is 15.6 Å². The molecule has 0 aliphatic carbocycles. The Kier molecular flexibility index (Phi) is 8.03. The zero-order valence-electron chi connectivity index (χ0n) is 18.8. The van der Waals surface area contributed by atoms with E-state index in [0.29, 0.717) is 28.7 Å². The summed E-state index contributed by atoms with van der Waals surface area (Å²) in [5.41, 5.74) is 1.38. The molecule has 1 aromatic heterocycles. The highest BCUT2D eigenvalue weighted by molar-refractivity contribution is 7.78. The second kappa shape index (κ2) is 11.2. The quantitative estimate of drug-likeness (QED) is 0.406. The van der Waals surface area contributed by atoms with Crippen LogP contribution in [-0.4, -0.2) is 51.0 Å². The zero-order valence-corrected chi connectivity index (χ0v) is 21.2. The van der Waals surface area contributed by atoms with Crippen molar-refractivity contribution in [1.82, 2.24) is 9.21 Å². The number of nitrogens with zero attached hydrogens (tertiary/aromatic N) is 3. The highest BCUT2D eigenvalue weighted by atomic mass is 35.5. The average molecular weight is 532 g/mol. The summed E-state index contributed by atoms with van der Waals surface area (Å²) >= 11 is 5.34. The third kappa shape index (κ3) is 6.00. The van der Waals surface area contributed by atoms with Crippen LogP contribution in [-0.2, 0) is 32.1 Å². The molecule has 4 rings (SSSR count). The van der Waals surface area contributed by atoms with Crippen molar-refractivity contribution >= 4 is 56.2 Å². The Morgan fingerprint density at radius 3 is 2.71 bits per heavy atom. The summed E-state index contributed by atoms with van der Waals surface area (Å²) in [5.74, 6) is -0.890. The van der Waals surface area contributed by atoms with Crippen LogP contribution in [0.1, 0.15) is 24.5 Å². The maximum Gasteiger partial charge on any atom is 0.307 e. The number of hydrogen-bond donors (Lipinski definition) is 0. The van der Waals surface area contributed by atoms with Crippen LogP contribution in [0.25, 0.3) is 10.1 Å². The van der Waals surface area contributed by atoms with Crippen molar-refractivity contribution in [2.75, 3.05) is 19.7 Å². The first-order valence-corrected chi connectivity index (χ1v) is 13.1. The minimum Gasteiger partial charge on any atom is -0.466 e. The largest absolute Gasteiger partial charge is 0.466 e. The van der Waals surface area contributed by atoms with Crippen molar-refractivity contribution in [2.45, 2.75) is 25.9 Å². The van der Waals surface area contributed by atoms with Gasteiger partial charge < -0.3 is 13.8 Å². The van der Waals surface area contributed by atoms with Gasteiger partial charge >= 0.3 is 5.97 Å². The number of benzene rings is 2. The Hall–Kier alpha value is -2.97. The van der Waals surface area contributed by atoms with Crippen molar-refractivity contribution in [3.05, 3.63) is 64.7 Å². The Balaban J connectivity index is 1.51. The van der Waals surface area contributed by atoms with Gasteiger partial charge in [-0.15, -0.1) is 0 Å². The molecular formula is C24H22ClN3O5S2.